The minimum Gasteiger partial charge on any atom is -0.493 e. The van der Waals surface area contributed by atoms with Gasteiger partial charge in [0.2, 0.25) is 5.75 Å². The fraction of sp³-hybridized carbons (Fsp3) is 0.517. The lowest BCUT2D eigenvalue weighted by Crippen LogP contribution is -2.55. The van der Waals surface area contributed by atoms with Crippen LogP contribution in [0.4, 0.5) is 5.69 Å². The molecule has 1 amide bonds. The fourth-order valence-corrected chi connectivity index (χ4v) is 5.61. The second-order valence-corrected chi connectivity index (χ2v) is 10.4. The summed E-state index contributed by atoms with van der Waals surface area (Å²) in [6.07, 6.45) is 3.10. The van der Waals surface area contributed by atoms with E-state index in [9.17, 15) is 9.59 Å². The summed E-state index contributed by atoms with van der Waals surface area (Å²) in [5, 5.41) is 3.48. The number of nitrogen functional groups attached to an aromatic ring is 1. The van der Waals surface area contributed by atoms with E-state index in [1.807, 2.05) is 0 Å². The molecule has 10 nitrogen and oxygen atoms in total. The molecule has 2 aromatic rings. The normalized spacial score (nSPS) is 18.8. The number of fused-ring (bicyclic) bond motifs is 1. The maximum Gasteiger partial charge on any atom is 0.255 e. The summed E-state index contributed by atoms with van der Waals surface area (Å²) in [6, 6.07) is 4.76. The number of nitrogens with one attached hydrogen (secondary N) is 1. The molecule has 0 radical (unpaired) electrons. The topological polar surface area (TPSA) is 122 Å². The van der Waals surface area contributed by atoms with E-state index < -0.39 is 0 Å². The maximum absolute atomic E-state index is 13.3. The van der Waals surface area contributed by atoms with Crippen molar-refractivity contribution >= 4 is 29.0 Å². The Bertz CT molecular complexity index is 1210. The number of carbonyl (C=O) groups excluding carboxylic acids is 2. The van der Waals surface area contributed by atoms with E-state index in [1.54, 1.807) is 25.3 Å². The van der Waals surface area contributed by atoms with Crippen molar-refractivity contribution < 1.29 is 33.3 Å². The van der Waals surface area contributed by atoms with Crippen LogP contribution in [0.3, 0.4) is 0 Å². The molecule has 4 rings (SSSR count). The number of nitrogens with two attached hydrogens (primary N) is 1. The molecular weight excluding hydrogens is 538 g/mol. The summed E-state index contributed by atoms with van der Waals surface area (Å²) in [6.45, 7) is 2.66. The smallest absolute Gasteiger partial charge is 0.255 e. The number of ether oxygens (including phenoxy) is 5. The molecule has 218 valence electrons. The number of ketones is 1. The lowest BCUT2D eigenvalue weighted by atomic mass is 9.97. The molecule has 1 saturated heterocycles. The van der Waals surface area contributed by atoms with E-state index in [-0.39, 0.29) is 23.8 Å². The van der Waals surface area contributed by atoms with Gasteiger partial charge in [0.1, 0.15) is 5.75 Å². The van der Waals surface area contributed by atoms with Gasteiger partial charge in [0.15, 0.2) is 17.3 Å². The number of carbonyl (C=O) groups is 2. The van der Waals surface area contributed by atoms with Gasteiger partial charge in [-0.2, -0.15) is 0 Å². The molecule has 11 heteroatoms. The first kappa shape index (κ1) is 29.8. The molecule has 0 saturated carbocycles. The molecule has 2 aromatic carbocycles. The molecule has 2 aliphatic heterocycles. The van der Waals surface area contributed by atoms with E-state index in [2.05, 4.69) is 10.2 Å². The Morgan fingerprint density at radius 2 is 1.85 bits per heavy atom. The van der Waals surface area contributed by atoms with Crippen LogP contribution in [0.1, 0.15) is 52.0 Å². The van der Waals surface area contributed by atoms with Gasteiger partial charge in [-0.25, -0.2) is 0 Å². The van der Waals surface area contributed by atoms with Gasteiger partial charge in [-0.15, -0.1) is 0 Å². The maximum atomic E-state index is 13.3. The van der Waals surface area contributed by atoms with Crippen molar-refractivity contribution in [2.45, 2.75) is 44.2 Å². The van der Waals surface area contributed by atoms with Crippen LogP contribution in [0, 0.1) is 0 Å². The monoisotopic (exact) mass is 575 g/mol. The molecule has 3 N–H and O–H groups in total. The summed E-state index contributed by atoms with van der Waals surface area (Å²) >= 11 is 6.33. The Hall–Kier alpha value is -3.21. The van der Waals surface area contributed by atoms with Crippen LogP contribution in [0.5, 0.6) is 23.0 Å². The highest BCUT2D eigenvalue weighted by Crippen LogP contribution is 2.39. The van der Waals surface area contributed by atoms with Crippen LogP contribution in [-0.4, -0.2) is 83.4 Å². The molecule has 0 unspecified atom stereocenters. The number of benzene rings is 2. The molecule has 0 spiro atoms. The average Bonchev–Trinajstić information content (AvgIpc) is 2.98. The molecule has 40 heavy (non-hydrogen) atoms. The second kappa shape index (κ2) is 13.4. The molecule has 0 bridgehead atoms. The number of halogens is 1. The van der Waals surface area contributed by atoms with Crippen molar-refractivity contribution in [1.29, 1.82) is 0 Å². The van der Waals surface area contributed by atoms with E-state index >= 15 is 0 Å². The number of hydrogen-bond donors (Lipinski definition) is 2. The Kier molecular flexibility index (Phi) is 9.99. The number of Topliss-reactive ketones (excluding diaryl/α,β-unsaturated/α-hetero) is 1. The molecule has 0 aromatic heterocycles. The van der Waals surface area contributed by atoms with Crippen LogP contribution in [0.25, 0.3) is 0 Å². The predicted octanol–water partition coefficient (Wildman–Crippen LogP) is 3.76. The SMILES string of the molecule is COc1cc(C(=O)CCCN2CC[C@H](NC(=O)c3cc(Cl)c(N)c4c3OCCC4)[C@H](OC)C2)cc(OC)c1OC. The first-order valence-electron chi connectivity index (χ1n) is 13.4. The Balaban J connectivity index is 1.33. The number of methoxy groups -OCH3 is 4. The highest BCUT2D eigenvalue weighted by atomic mass is 35.5. The lowest BCUT2D eigenvalue weighted by Gasteiger charge is -2.38. The fourth-order valence-electron chi connectivity index (χ4n) is 5.39. The van der Waals surface area contributed by atoms with E-state index in [4.69, 9.17) is 41.0 Å². The first-order valence-corrected chi connectivity index (χ1v) is 13.8. The minimum absolute atomic E-state index is 0.00240. The van der Waals surface area contributed by atoms with Gasteiger partial charge in [0.05, 0.1) is 56.4 Å². The van der Waals surface area contributed by atoms with Crippen molar-refractivity contribution in [3.8, 4) is 23.0 Å². The van der Waals surface area contributed by atoms with Gasteiger partial charge in [-0.1, -0.05) is 11.6 Å². The Morgan fingerprint density at radius 1 is 1.12 bits per heavy atom. The van der Waals surface area contributed by atoms with Crippen molar-refractivity contribution in [3.63, 3.8) is 0 Å². The molecule has 2 aliphatic rings. The largest absolute Gasteiger partial charge is 0.493 e. The highest BCUT2D eigenvalue weighted by Gasteiger charge is 2.32. The number of piperidine rings is 1. The summed E-state index contributed by atoms with van der Waals surface area (Å²) in [5.74, 6) is 1.62. The van der Waals surface area contributed by atoms with Gasteiger partial charge >= 0.3 is 0 Å². The molecule has 2 atom stereocenters. The van der Waals surface area contributed by atoms with Crippen molar-refractivity contribution in [1.82, 2.24) is 10.2 Å². The summed E-state index contributed by atoms with van der Waals surface area (Å²) in [4.78, 5) is 28.5. The number of hydrogen-bond acceptors (Lipinski definition) is 9. The summed E-state index contributed by atoms with van der Waals surface area (Å²) in [5.41, 5.74) is 8.32. The third kappa shape index (κ3) is 6.40. The summed E-state index contributed by atoms with van der Waals surface area (Å²) in [7, 11) is 6.22. The third-order valence-electron chi connectivity index (χ3n) is 7.56. The van der Waals surface area contributed by atoms with E-state index in [0.29, 0.717) is 77.2 Å². The van der Waals surface area contributed by atoms with Crippen molar-refractivity contribution in [2.24, 2.45) is 0 Å². The van der Waals surface area contributed by atoms with E-state index in [1.165, 1.54) is 21.3 Å². The number of likely N-dealkylation sites (tertiary alicyclic amines) is 1. The van der Waals surface area contributed by atoms with Gasteiger partial charge in [-0.3, -0.25) is 9.59 Å². The van der Waals surface area contributed by atoms with Gasteiger partial charge in [0.25, 0.3) is 5.91 Å². The standard InChI is InChI=1S/C29H38ClN3O7/c1-36-23-13-17(14-24(37-2)28(23)39-4)22(34)8-5-10-33-11-9-21(25(16-33)38-3)32-29(35)19-15-20(30)26(31)18-7-6-12-40-27(18)19/h13-15,21,25H,5-12,16,31H2,1-4H3,(H,32,35)/t21-,25+/m0/s1. The van der Waals surface area contributed by atoms with Gasteiger partial charge in [0, 0.05) is 37.7 Å². The first-order chi connectivity index (χ1) is 19.3. The Morgan fingerprint density at radius 3 is 2.50 bits per heavy atom. The zero-order valence-corrected chi connectivity index (χ0v) is 24.3. The number of nitrogens with zero attached hydrogens (tertiary/aromatic N) is 1. The van der Waals surface area contributed by atoms with Crippen molar-refractivity contribution in [2.75, 3.05) is 60.4 Å². The van der Waals surface area contributed by atoms with Crippen LogP contribution in [0.15, 0.2) is 18.2 Å². The van der Waals surface area contributed by atoms with Gasteiger partial charge in [-0.05, 0) is 50.4 Å². The zero-order valence-electron chi connectivity index (χ0n) is 23.5. The lowest BCUT2D eigenvalue weighted by molar-refractivity contribution is 0.00604. The van der Waals surface area contributed by atoms with Crippen LogP contribution in [-0.2, 0) is 11.2 Å². The van der Waals surface area contributed by atoms with Crippen LogP contribution < -0.4 is 30.0 Å². The summed E-state index contributed by atoms with van der Waals surface area (Å²) < 4.78 is 27.7. The minimum atomic E-state index is -0.253. The second-order valence-electron chi connectivity index (χ2n) is 9.96. The number of rotatable bonds is 11. The van der Waals surface area contributed by atoms with Gasteiger partial charge < -0.3 is 39.6 Å². The highest BCUT2D eigenvalue weighted by molar-refractivity contribution is 6.33. The average molecular weight is 576 g/mol. The predicted molar refractivity (Wildman–Crippen MR) is 152 cm³/mol. The number of amides is 1. The Labute approximate surface area is 240 Å². The molecule has 2 heterocycles. The third-order valence-corrected chi connectivity index (χ3v) is 7.87. The molecule has 0 aliphatic carbocycles. The molecule has 1 fully saturated rings. The molecular formula is C29H38ClN3O7. The number of anilines is 1. The van der Waals surface area contributed by atoms with Crippen molar-refractivity contribution in [3.05, 3.63) is 39.9 Å². The van der Waals surface area contributed by atoms with Crippen LogP contribution in [0.2, 0.25) is 5.02 Å². The zero-order chi connectivity index (χ0) is 28.8. The van der Waals surface area contributed by atoms with Crippen LogP contribution >= 0.6 is 11.6 Å². The quantitative estimate of drug-likeness (QED) is 0.305. The van der Waals surface area contributed by atoms with E-state index in [0.717, 1.165) is 31.5 Å².